The van der Waals surface area contributed by atoms with Gasteiger partial charge in [0, 0.05) is 6.92 Å². The van der Waals surface area contributed by atoms with Crippen LogP contribution in [0.1, 0.15) is 24.3 Å². The Balaban J connectivity index is 0.000000288. The Hall–Kier alpha value is -5.55. The molecule has 2 unspecified atom stereocenters. The molecule has 2 aromatic heterocycles. The van der Waals surface area contributed by atoms with Gasteiger partial charge in [-0.05, 0) is 37.1 Å². The summed E-state index contributed by atoms with van der Waals surface area (Å²) in [5.41, 5.74) is 6.11. The first kappa shape index (κ1) is 62.1. The number of H-pyrrole nitrogens is 1. The van der Waals surface area contributed by atoms with Gasteiger partial charge in [0.25, 0.3) is 5.56 Å². The molecule has 442 valence electrons. The topological polar surface area (TPSA) is 578 Å². The SMILES string of the molecule is CC(=O)N[C@@H]1[C@@H](O[C@@H]2O[C@H](C(=O)O)[C@@H](O)[C@H](O)[C@H]2O)[C@H](O)[C@@H](CO)O[C@H]1O.Cc1cc2nc3c(=O)[nH]c(=O)nc-3n(C[C@H](O)[C@H](O)[C@H](O)COP(=O)(O)OP(=O)(O)OC[C@H]3O[C@@H](n4cnc5c(N)ncnc54)[C@H](O)[C@@H]3O)c2cc1C. The van der Waals surface area contributed by atoms with Crippen molar-refractivity contribution in [3.8, 4) is 11.5 Å². The van der Waals surface area contributed by atoms with Gasteiger partial charge in [-0.1, -0.05) is 0 Å². The highest BCUT2D eigenvalue weighted by atomic mass is 31.3. The highest BCUT2D eigenvalue weighted by Gasteiger charge is 2.53. The van der Waals surface area contributed by atoms with Gasteiger partial charge in [-0.25, -0.2) is 38.7 Å². The molecule has 3 saturated heterocycles. The van der Waals surface area contributed by atoms with Crippen molar-refractivity contribution in [2.24, 2.45) is 0 Å². The second-order valence-corrected chi connectivity index (χ2v) is 21.4. The molecule has 0 spiro atoms. The van der Waals surface area contributed by atoms with Crippen molar-refractivity contribution < 1.29 is 122 Å². The zero-order valence-corrected chi connectivity index (χ0v) is 43.4. The van der Waals surface area contributed by atoms with Crippen molar-refractivity contribution in [3.63, 3.8) is 0 Å². The first-order chi connectivity index (χ1) is 37.4. The van der Waals surface area contributed by atoms with Gasteiger partial charge in [-0.3, -0.25) is 28.2 Å². The molecule has 0 aliphatic carbocycles. The maximum atomic E-state index is 12.5. The molecule has 5 aliphatic heterocycles. The molecule has 18 N–H and O–H groups in total. The number of aliphatic carboxylic acids is 1. The zero-order valence-electron chi connectivity index (χ0n) is 41.6. The lowest BCUT2D eigenvalue weighted by Gasteiger charge is -2.46. The van der Waals surface area contributed by atoms with Crippen LogP contribution in [0.3, 0.4) is 0 Å². The van der Waals surface area contributed by atoms with E-state index in [1.54, 1.807) is 26.0 Å². The fourth-order valence-corrected chi connectivity index (χ4v) is 10.6. The van der Waals surface area contributed by atoms with Crippen LogP contribution in [0.2, 0.25) is 0 Å². The second kappa shape index (κ2) is 24.9. The number of phosphoric acid groups is 2. The molecular weight excluding hydrogens is 1130 g/mol. The molecule has 8 rings (SSSR count). The number of fused-ring (bicyclic) bond motifs is 3. The quantitative estimate of drug-likeness (QED) is 0.0286. The molecule has 0 radical (unpaired) electrons. The van der Waals surface area contributed by atoms with Crippen LogP contribution in [0.25, 0.3) is 33.7 Å². The lowest BCUT2D eigenvalue weighted by Crippen LogP contribution is -2.67. The van der Waals surface area contributed by atoms with E-state index >= 15 is 0 Å². The van der Waals surface area contributed by atoms with Crippen molar-refractivity contribution in [2.45, 2.75) is 132 Å². The standard InChI is InChI=1S/C27H33N9O15P2.C14H23NO12/c1-10-3-12-13(4-11(10)2)35(24-18(32-12)25(42)34-27(43)33-24)5-14(37)19(39)15(38)6-48-52(44,45)51-53(46,47)49-7-16-20(40)21(41)26(50-16)36-9-31-17-22(28)29-8-30-23(17)36;1-3(17)15-5-10(6(18)4(2-16)25-13(5)24)26-14-9(21)7(19)8(20)11(27-14)12(22)23/h3-4,8-9,14-16,19-21,26,37-41H,5-7H2,1-2H3,(H,44,45)(H,46,47)(H2,28,29,30)(H,34,42,43);4-11,13-14,16,18-21,24H,2H2,1H3,(H,15,17)(H,22,23)/t14-,15+,16+,19-,20+,21+,26+;4-,5-,6-,7+,8+,9-,10-,11+,13-,14-/m01/s1. The van der Waals surface area contributed by atoms with Gasteiger partial charge in [0.05, 0.1) is 43.7 Å². The number of nitrogen functional groups attached to an aromatic ring is 1. The van der Waals surface area contributed by atoms with E-state index in [1.807, 2.05) is 4.98 Å². The Morgan fingerprint density at radius 2 is 1.52 bits per heavy atom. The number of phosphoric ester groups is 2. The van der Waals surface area contributed by atoms with Crippen molar-refractivity contribution in [1.29, 1.82) is 0 Å². The van der Waals surface area contributed by atoms with E-state index in [1.165, 1.54) is 15.5 Å². The maximum Gasteiger partial charge on any atom is 0.481 e. The van der Waals surface area contributed by atoms with E-state index in [4.69, 9.17) is 34.3 Å². The second-order valence-electron chi connectivity index (χ2n) is 18.4. The predicted molar refractivity (Wildman–Crippen MR) is 258 cm³/mol. The Labute approximate surface area is 446 Å². The summed E-state index contributed by atoms with van der Waals surface area (Å²) < 4.78 is 61.9. The number of aliphatic hydroxyl groups is 11. The molecule has 39 heteroatoms. The number of carbonyl (C=O) groups is 2. The third-order valence-electron chi connectivity index (χ3n) is 12.7. The van der Waals surface area contributed by atoms with E-state index < -0.39 is 169 Å². The molecule has 37 nitrogen and oxygen atoms in total. The molecular formula is C41H56N10O27P2. The highest BCUT2D eigenvalue weighted by Crippen LogP contribution is 2.60. The Kier molecular flexibility index (Phi) is 19.3. The van der Waals surface area contributed by atoms with E-state index in [0.29, 0.717) is 5.52 Å². The summed E-state index contributed by atoms with van der Waals surface area (Å²) in [4.78, 5) is 89.1. The Morgan fingerprint density at radius 3 is 2.19 bits per heavy atom. The van der Waals surface area contributed by atoms with Crippen LogP contribution >= 0.6 is 15.6 Å². The van der Waals surface area contributed by atoms with E-state index in [0.717, 1.165) is 24.4 Å². The van der Waals surface area contributed by atoms with Gasteiger partial charge in [0.15, 0.2) is 47.9 Å². The summed E-state index contributed by atoms with van der Waals surface area (Å²) >= 11 is 0. The van der Waals surface area contributed by atoms with Gasteiger partial charge in [-0.2, -0.15) is 9.29 Å². The Bertz CT molecular complexity index is 3230. The first-order valence-corrected chi connectivity index (χ1v) is 26.5. The molecule has 0 bridgehead atoms. The number of aryl methyl sites for hydroxylation is 2. The normalized spacial score (nSPS) is 30.7. The predicted octanol–water partition coefficient (Wildman–Crippen LogP) is -7.59. The van der Waals surface area contributed by atoms with Crippen molar-refractivity contribution >= 4 is 55.5 Å². The smallest absolute Gasteiger partial charge is 0.479 e. The van der Waals surface area contributed by atoms with E-state index in [-0.39, 0.29) is 34.0 Å². The number of hydrogen-bond donors (Lipinski definition) is 17. The van der Waals surface area contributed by atoms with Crippen LogP contribution in [0, 0.1) is 13.8 Å². The first-order valence-electron chi connectivity index (χ1n) is 23.5. The number of carboxylic acids is 1. The number of carboxylic acid groups (broad SMARTS) is 1. The minimum atomic E-state index is -5.54. The van der Waals surface area contributed by atoms with Gasteiger partial charge >= 0.3 is 27.3 Å². The largest absolute Gasteiger partial charge is 0.481 e. The monoisotopic (exact) mass is 1180 g/mol. The summed E-state index contributed by atoms with van der Waals surface area (Å²) in [6.45, 7) is 1.18. The molecule has 1 aromatic carbocycles. The minimum Gasteiger partial charge on any atom is -0.479 e. The van der Waals surface area contributed by atoms with Crippen LogP contribution in [0.15, 0.2) is 34.4 Å². The molecule has 19 atom stereocenters. The summed E-state index contributed by atoms with van der Waals surface area (Å²) in [6.07, 6.45) is -25.7. The number of benzene rings is 1. The molecule has 3 fully saturated rings. The van der Waals surface area contributed by atoms with Crippen molar-refractivity contribution in [1.82, 2.24) is 44.4 Å². The van der Waals surface area contributed by atoms with Crippen LogP contribution in [-0.4, -0.2) is 240 Å². The number of ether oxygens (including phenoxy) is 4. The van der Waals surface area contributed by atoms with Crippen LogP contribution in [0.5, 0.6) is 0 Å². The van der Waals surface area contributed by atoms with Gasteiger partial charge in [0.2, 0.25) is 5.91 Å². The number of carbonyl (C=O) groups excluding carboxylic acids is 1. The fourth-order valence-electron chi connectivity index (χ4n) is 8.51. The third kappa shape index (κ3) is 13.5. The van der Waals surface area contributed by atoms with Crippen LogP contribution in [-0.2, 0) is 57.6 Å². The van der Waals surface area contributed by atoms with Crippen molar-refractivity contribution in [2.75, 3.05) is 25.6 Å². The number of hydrogen-bond acceptors (Lipinski definition) is 30. The minimum absolute atomic E-state index is 0.0293. The number of rotatable bonds is 18. The number of aliphatic hydroxyl groups excluding tert-OH is 11. The molecule has 5 aliphatic rings. The molecule has 1 amide bonds. The van der Waals surface area contributed by atoms with E-state index in [9.17, 15) is 94.3 Å². The average Bonchev–Trinajstić information content (AvgIpc) is 3.98. The molecule has 3 aromatic rings. The molecule has 80 heavy (non-hydrogen) atoms. The maximum absolute atomic E-state index is 12.5. The lowest BCUT2D eigenvalue weighted by atomic mass is 9.95. The summed E-state index contributed by atoms with van der Waals surface area (Å²) in [5.74, 6) is -2.48. The number of nitrogens with zero attached hydrogens (tertiary/aromatic N) is 7. The average molecular weight is 1180 g/mol. The number of amides is 1. The van der Waals surface area contributed by atoms with Crippen LogP contribution < -0.4 is 22.3 Å². The zero-order chi connectivity index (χ0) is 59.0. The third-order valence-corrected chi connectivity index (χ3v) is 15.3. The summed E-state index contributed by atoms with van der Waals surface area (Å²) in [5, 5.41) is 123. The summed E-state index contributed by atoms with van der Waals surface area (Å²) in [6, 6.07) is 1.92. The number of aromatic amines is 1. The van der Waals surface area contributed by atoms with Crippen LogP contribution in [0.4, 0.5) is 5.82 Å². The van der Waals surface area contributed by atoms with Crippen molar-refractivity contribution in [3.05, 3.63) is 56.8 Å². The van der Waals surface area contributed by atoms with Gasteiger partial charge in [0.1, 0.15) is 91.1 Å². The number of aromatic nitrogens is 8. The molecule has 7 heterocycles. The van der Waals surface area contributed by atoms with Gasteiger partial charge in [-0.15, -0.1) is 0 Å². The van der Waals surface area contributed by atoms with Gasteiger partial charge < -0.3 is 106 Å². The Morgan fingerprint density at radius 1 is 0.850 bits per heavy atom. The highest BCUT2D eigenvalue weighted by molar-refractivity contribution is 7.61. The lowest BCUT2D eigenvalue weighted by molar-refractivity contribution is -0.336. The number of imidazole rings is 1. The fraction of sp³-hybridized carbons (Fsp3) is 0.585. The number of nitrogens with two attached hydrogens (primary N) is 1. The number of nitrogens with one attached hydrogen (secondary N) is 2. The van der Waals surface area contributed by atoms with E-state index in [2.05, 4.69) is 39.1 Å². The summed E-state index contributed by atoms with van der Waals surface area (Å²) in [7, 11) is -11.0. The molecule has 0 saturated carbocycles. The number of anilines is 1.